The molecule has 0 radical (unpaired) electrons. The Hall–Kier alpha value is -2.97. The summed E-state index contributed by atoms with van der Waals surface area (Å²) in [5.74, 6) is 0. The van der Waals surface area contributed by atoms with Crippen LogP contribution >= 0.6 is 0 Å². The zero-order valence-corrected chi connectivity index (χ0v) is 30.5. The second-order valence-corrected chi connectivity index (χ2v) is 9.95. The Labute approximate surface area is 263 Å². The molecule has 2 N–H and O–H groups in total. The van der Waals surface area contributed by atoms with Crippen LogP contribution in [0.15, 0.2) is 82.5 Å². The van der Waals surface area contributed by atoms with Gasteiger partial charge in [-0.1, -0.05) is 100 Å². The Kier molecular flexibility index (Phi) is 32.3. The normalized spacial score (nSPS) is 11.8. The predicted molar refractivity (Wildman–Crippen MR) is 201 cm³/mol. The lowest BCUT2D eigenvalue weighted by atomic mass is 9.94. The lowest BCUT2D eigenvalue weighted by molar-refractivity contribution is 0.835. The van der Waals surface area contributed by atoms with Crippen LogP contribution in [-0.2, 0) is 6.42 Å². The van der Waals surface area contributed by atoms with Crippen molar-refractivity contribution < 1.29 is 0 Å². The molecule has 2 heteroatoms. The highest BCUT2D eigenvalue weighted by Crippen LogP contribution is 2.17. The molecule has 42 heavy (non-hydrogen) atoms. The van der Waals surface area contributed by atoms with Crippen molar-refractivity contribution in [1.29, 1.82) is 0 Å². The summed E-state index contributed by atoms with van der Waals surface area (Å²) >= 11 is 0. The van der Waals surface area contributed by atoms with Crippen molar-refractivity contribution >= 4 is 23.9 Å². The summed E-state index contributed by atoms with van der Waals surface area (Å²) in [6.45, 7) is 41.3. The van der Waals surface area contributed by atoms with Gasteiger partial charge < -0.3 is 5.73 Å². The second-order valence-electron chi connectivity index (χ2n) is 9.95. The van der Waals surface area contributed by atoms with E-state index in [1.54, 1.807) is 0 Å². The number of allylic oxidation sites excluding steroid dienone is 10. The van der Waals surface area contributed by atoms with E-state index in [0.29, 0.717) is 0 Å². The fourth-order valence-corrected chi connectivity index (χ4v) is 3.44. The topological polar surface area (TPSA) is 38.4 Å². The van der Waals surface area contributed by atoms with E-state index in [9.17, 15) is 0 Å². The van der Waals surface area contributed by atoms with Crippen LogP contribution in [-0.4, -0.2) is 19.8 Å². The highest BCUT2D eigenvalue weighted by molar-refractivity contribution is 6.10. The third-order valence-electron chi connectivity index (χ3n) is 6.15. The average Bonchev–Trinajstić information content (AvgIpc) is 2.99. The highest BCUT2D eigenvalue weighted by atomic mass is 14.6. The van der Waals surface area contributed by atoms with E-state index in [1.165, 1.54) is 55.4 Å². The summed E-state index contributed by atoms with van der Waals surface area (Å²) in [5, 5.41) is 2.32. The molecule has 0 saturated carbocycles. The molecule has 1 aromatic carbocycles. The SMILES string of the molecule is C=C(C)C.C=C/C(=C\C(C)=C(C)C)CCCN.C=c1cc(CC)c(/C(C=NC)=C/C)c/c1=C(C)/C(C)=C\C.CC.CC. The number of hydrogen-bond donors (Lipinski definition) is 1. The summed E-state index contributed by atoms with van der Waals surface area (Å²) in [6, 6.07) is 4.48. The molecule has 2 nitrogen and oxygen atoms in total. The van der Waals surface area contributed by atoms with E-state index < -0.39 is 0 Å². The molecular weight excluding hydrogens is 508 g/mol. The van der Waals surface area contributed by atoms with Crippen molar-refractivity contribution in [2.24, 2.45) is 10.7 Å². The van der Waals surface area contributed by atoms with Crippen molar-refractivity contribution in [3.63, 3.8) is 0 Å². The maximum absolute atomic E-state index is 5.45. The fourth-order valence-electron chi connectivity index (χ4n) is 3.44. The van der Waals surface area contributed by atoms with Gasteiger partial charge in [0.25, 0.3) is 0 Å². The van der Waals surface area contributed by atoms with E-state index in [-0.39, 0.29) is 0 Å². The van der Waals surface area contributed by atoms with Gasteiger partial charge in [0.2, 0.25) is 0 Å². The first-order valence-corrected chi connectivity index (χ1v) is 15.7. The standard InChI is InChI=1S/C20H27N.C12H21N.C4H8.2C2H6/c1-8-14(4)16(6)19-12-20(18(10-3)13-21-7)17(9-2)11-15(19)5;1-5-12(7-6-8-13)9-11(4)10(2)3;1-4(2)3;2*1-2/h8,10-13H,5,9H2,1-4,6-7H3;5,9H,1,6-8,13H2,2-4H3;1H2,2-3H3;2*1-2H3/b14-8-,18-10+,19-16-,21-13?;12-9+;;;. The lowest BCUT2D eigenvalue weighted by Crippen LogP contribution is -2.27. The minimum Gasteiger partial charge on any atom is -0.330 e. The Bertz CT molecular complexity index is 1160. The van der Waals surface area contributed by atoms with Crippen LogP contribution < -0.4 is 16.2 Å². The maximum atomic E-state index is 5.45. The molecule has 0 aromatic heterocycles. The molecule has 0 aliphatic carbocycles. The van der Waals surface area contributed by atoms with Gasteiger partial charge >= 0.3 is 0 Å². The Morgan fingerprint density at radius 1 is 0.929 bits per heavy atom. The summed E-state index contributed by atoms with van der Waals surface area (Å²) < 4.78 is 0. The molecule has 0 saturated heterocycles. The second kappa shape index (κ2) is 29.5. The van der Waals surface area contributed by atoms with E-state index in [2.05, 4.69) is 110 Å². The molecule has 1 aromatic rings. The van der Waals surface area contributed by atoms with Crippen LogP contribution in [0.2, 0.25) is 0 Å². The number of nitrogens with zero attached hydrogens (tertiary/aromatic N) is 1. The van der Waals surface area contributed by atoms with Gasteiger partial charge in [-0.3, -0.25) is 4.99 Å². The zero-order chi connectivity index (χ0) is 33.8. The number of aliphatic imine (C=N–C) groups is 1. The Morgan fingerprint density at radius 3 is 1.81 bits per heavy atom. The van der Waals surface area contributed by atoms with E-state index in [4.69, 9.17) is 5.73 Å². The lowest BCUT2D eigenvalue weighted by Gasteiger charge is -2.11. The minimum atomic E-state index is 0.749. The van der Waals surface area contributed by atoms with Crippen molar-refractivity contribution in [2.45, 2.75) is 116 Å². The minimum absolute atomic E-state index is 0.749. The van der Waals surface area contributed by atoms with E-state index >= 15 is 0 Å². The van der Waals surface area contributed by atoms with Gasteiger partial charge in [0.05, 0.1) is 0 Å². The third kappa shape index (κ3) is 20.8. The molecule has 0 unspecified atom stereocenters. The Balaban J connectivity index is -0.000000293. The first-order chi connectivity index (χ1) is 19.8. The summed E-state index contributed by atoms with van der Waals surface area (Å²) in [7, 11) is 1.81. The molecule has 0 aliphatic heterocycles. The van der Waals surface area contributed by atoms with Gasteiger partial charge in [-0.15, -0.1) is 6.58 Å². The van der Waals surface area contributed by atoms with Crippen LogP contribution in [0.25, 0.3) is 17.7 Å². The number of aryl methyl sites for hydroxylation is 1. The molecular formula is C40H68N2. The molecule has 0 aliphatic rings. The van der Waals surface area contributed by atoms with E-state index in [1.807, 2.05) is 60.9 Å². The monoisotopic (exact) mass is 577 g/mol. The third-order valence-corrected chi connectivity index (χ3v) is 6.15. The van der Waals surface area contributed by atoms with Crippen molar-refractivity contribution in [2.75, 3.05) is 13.6 Å². The van der Waals surface area contributed by atoms with Crippen LogP contribution in [0.3, 0.4) is 0 Å². The van der Waals surface area contributed by atoms with Crippen LogP contribution in [0, 0.1) is 0 Å². The van der Waals surface area contributed by atoms with Gasteiger partial charge in [-0.25, -0.2) is 0 Å². The van der Waals surface area contributed by atoms with Crippen molar-refractivity contribution in [3.8, 4) is 0 Å². The van der Waals surface area contributed by atoms with Gasteiger partial charge in [-0.2, -0.15) is 0 Å². The highest BCUT2D eigenvalue weighted by Gasteiger charge is 2.06. The van der Waals surface area contributed by atoms with Crippen molar-refractivity contribution in [3.05, 3.63) is 99.0 Å². The zero-order valence-electron chi connectivity index (χ0n) is 30.5. The maximum Gasteiger partial charge on any atom is 0.0284 e. The fraction of sp³-hybridized carbons (Fsp3) is 0.475. The quantitative estimate of drug-likeness (QED) is 0.177. The van der Waals surface area contributed by atoms with Crippen LogP contribution in [0.1, 0.15) is 121 Å². The van der Waals surface area contributed by atoms with Gasteiger partial charge in [0.15, 0.2) is 0 Å². The van der Waals surface area contributed by atoms with Gasteiger partial charge in [-0.05, 0) is 132 Å². The molecule has 0 heterocycles. The van der Waals surface area contributed by atoms with Gasteiger partial charge in [0, 0.05) is 13.3 Å². The summed E-state index contributed by atoms with van der Waals surface area (Å²) in [5.41, 5.74) is 16.9. The molecule has 238 valence electrons. The number of rotatable bonds is 9. The average molecular weight is 577 g/mol. The number of hydrogen-bond acceptors (Lipinski definition) is 2. The molecule has 0 atom stereocenters. The largest absolute Gasteiger partial charge is 0.330 e. The van der Waals surface area contributed by atoms with Crippen LogP contribution in [0.4, 0.5) is 0 Å². The Morgan fingerprint density at radius 2 is 1.45 bits per heavy atom. The molecule has 0 bridgehead atoms. The summed E-state index contributed by atoms with van der Waals surface area (Å²) in [6.07, 6.45) is 13.4. The van der Waals surface area contributed by atoms with Crippen molar-refractivity contribution in [1.82, 2.24) is 0 Å². The molecule has 1 rings (SSSR count). The summed E-state index contributed by atoms with van der Waals surface area (Å²) in [4.78, 5) is 4.18. The van der Waals surface area contributed by atoms with Gasteiger partial charge in [0.1, 0.15) is 0 Å². The number of nitrogens with two attached hydrogens (primary N) is 1. The smallest absolute Gasteiger partial charge is 0.0284 e. The molecule has 0 fully saturated rings. The number of benzene rings is 1. The predicted octanol–water partition coefficient (Wildman–Crippen LogP) is 10.7. The molecule has 0 spiro atoms. The first kappa shape index (κ1) is 46.0. The van der Waals surface area contributed by atoms with Crippen LogP contribution in [0.5, 0.6) is 0 Å². The molecule has 0 amide bonds. The van der Waals surface area contributed by atoms with E-state index in [0.717, 1.165) is 31.0 Å². The first-order valence-electron chi connectivity index (χ1n) is 15.7.